The molecule has 0 bridgehead atoms. The van der Waals surface area contributed by atoms with Gasteiger partial charge < -0.3 is 9.30 Å². The number of fused-ring (bicyclic) bond motifs is 1. The Kier molecular flexibility index (Phi) is 4.72. The molecule has 0 saturated carbocycles. The number of carbonyl (C=O) groups excluding carboxylic acids is 1. The molecule has 0 fully saturated rings. The predicted octanol–water partition coefficient (Wildman–Crippen LogP) is 5.67. The van der Waals surface area contributed by atoms with Crippen LogP contribution in [0.3, 0.4) is 0 Å². The van der Waals surface area contributed by atoms with Gasteiger partial charge in [0.25, 0.3) is 5.91 Å². The Morgan fingerprint density at radius 3 is 2.85 bits per heavy atom. The van der Waals surface area contributed by atoms with Gasteiger partial charge in [0.05, 0.1) is 23.0 Å². The van der Waals surface area contributed by atoms with E-state index < -0.39 is 0 Å². The van der Waals surface area contributed by atoms with Crippen LogP contribution in [0.2, 0.25) is 0 Å². The van der Waals surface area contributed by atoms with Gasteiger partial charge >= 0.3 is 0 Å². The second kappa shape index (κ2) is 7.17. The van der Waals surface area contributed by atoms with E-state index >= 15 is 0 Å². The van der Waals surface area contributed by atoms with E-state index in [1.807, 2.05) is 41.1 Å². The highest BCUT2D eigenvalue weighted by molar-refractivity contribution is 7.17. The van der Waals surface area contributed by atoms with Crippen molar-refractivity contribution in [3.8, 4) is 17.0 Å². The molecule has 4 aromatic rings. The zero-order valence-corrected chi connectivity index (χ0v) is 16.9. The quantitative estimate of drug-likeness (QED) is 0.472. The molecule has 138 valence electrons. The molecular weight excluding hydrogens is 378 g/mol. The van der Waals surface area contributed by atoms with Crippen LogP contribution in [0.5, 0.6) is 5.75 Å². The topological polar surface area (TPSA) is 56.1 Å². The molecule has 0 aliphatic rings. The summed E-state index contributed by atoms with van der Waals surface area (Å²) in [7, 11) is 1.64. The zero-order valence-electron chi connectivity index (χ0n) is 15.2. The molecular formula is C20H19N3O2S2. The molecule has 0 aliphatic heterocycles. The monoisotopic (exact) mass is 397 g/mol. The summed E-state index contributed by atoms with van der Waals surface area (Å²) < 4.78 is 8.45. The number of ether oxygens (including phenoxy) is 1. The third kappa shape index (κ3) is 3.36. The Labute approximate surface area is 165 Å². The Hall–Kier alpha value is -2.64. The molecule has 3 heterocycles. The highest BCUT2D eigenvalue weighted by Crippen LogP contribution is 2.30. The summed E-state index contributed by atoms with van der Waals surface area (Å²) in [5.41, 5.74) is 3.52. The van der Waals surface area contributed by atoms with Gasteiger partial charge in [-0.25, -0.2) is 4.98 Å². The van der Waals surface area contributed by atoms with Crippen LogP contribution < -0.4 is 10.1 Å². The fourth-order valence-electron chi connectivity index (χ4n) is 3.08. The van der Waals surface area contributed by atoms with Crippen molar-refractivity contribution in [1.29, 1.82) is 0 Å². The van der Waals surface area contributed by atoms with Crippen LogP contribution in [-0.4, -0.2) is 22.6 Å². The Bertz CT molecular complexity index is 1110. The lowest BCUT2D eigenvalue weighted by Gasteiger charge is -2.13. The Morgan fingerprint density at radius 2 is 2.07 bits per heavy atom. The minimum Gasteiger partial charge on any atom is -0.497 e. The number of hydrogen-bond donors (Lipinski definition) is 1. The molecule has 27 heavy (non-hydrogen) atoms. The first-order valence-electron chi connectivity index (χ1n) is 8.56. The van der Waals surface area contributed by atoms with E-state index in [4.69, 9.17) is 4.74 Å². The summed E-state index contributed by atoms with van der Waals surface area (Å²) in [5.74, 6) is 0.638. The second-order valence-electron chi connectivity index (χ2n) is 6.39. The van der Waals surface area contributed by atoms with Gasteiger partial charge in [0, 0.05) is 17.0 Å². The van der Waals surface area contributed by atoms with Crippen molar-refractivity contribution in [2.45, 2.75) is 19.9 Å². The number of carbonyl (C=O) groups is 1. The second-order valence-corrected chi connectivity index (χ2v) is 8.19. The Morgan fingerprint density at radius 1 is 1.22 bits per heavy atom. The van der Waals surface area contributed by atoms with Gasteiger partial charge in [-0.2, -0.15) is 0 Å². The molecule has 0 aliphatic carbocycles. The first-order chi connectivity index (χ1) is 13.1. The van der Waals surface area contributed by atoms with Gasteiger partial charge in [-0.15, -0.1) is 22.7 Å². The van der Waals surface area contributed by atoms with Crippen LogP contribution in [0.1, 0.15) is 30.4 Å². The van der Waals surface area contributed by atoms with E-state index in [9.17, 15) is 4.79 Å². The van der Waals surface area contributed by atoms with Crippen LogP contribution in [0.15, 0.2) is 47.2 Å². The smallest absolute Gasteiger partial charge is 0.274 e. The standard InChI is InChI=1S/C20H19N3O2S2/c1-12(2)23-16-7-8-26-18(16)10-17(23)19(24)22-20-21-15(11-27-20)13-5-4-6-14(9-13)25-3/h4-12H,1-3H3,(H,21,22,24). The largest absolute Gasteiger partial charge is 0.497 e. The number of anilines is 1. The fourth-order valence-corrected chi connectivity index (χ4v) is 4.61. The molecule has 0 atom stereocenters. The molecule has 0 radical (unpaired) electrons. The lowest BCUT2D eigenvalue weighted by Crippen LogP contribution is -2.18. The van der Waals surface area contributed by atoms with Gasteiger partial charge in [-0.05, 0) is 43.5 Å². The zero-order chi connectivity index (χ0) is 19.0. The van der Waals surface area contributed by atoms with E-state index in [-0.39, 0.29) is 11.9 Å². The molecule has 5 nitrogen and oxygen atoms in total. The SMILES string of the molecule is COc1cccc(-c2csc(NC(=O)c3cc4sccc4n3C(C)C)n2)c1. The van der Waals surface area contributed by atoms with Gasteiger partial charge in [-0.1, -0.05) is 12.1 Å². The van der Waals surface area contributed by atoms with Crippen molar-refractivity contribution < 1.29 is 9.53 Å². The first-order valence-corrected chi connectivity index (χ1v) is 10.3. The number of amides is 1. The van der Waals surface area contributed by atoms with Gasteiger partial charge in [0.2, 0.25) is 0 Å². The number of thiazole rings is 1. The number of benzene rings is 1. The highest BCUT2D eigenvalue weighted by Gasteiger charge is 2.19. The molecule has 3 aromatic heterocycles. The maximum absolute atomic E-state index is 12.9. The molecule has 1 aromatic carbocycles. The fraction of sp³-hybridized carbons (Fsp3) is 0.200. The summed E-state index contributed by atoms with van der Waals surface area (Å²) >= 11 is 3.06. The van der Waals surface area contributed by atoms with E-state index in [2.05, 4.69) is 34.8 Å². The lowest BCUT2D eigenvalue weighted by atomic mass is 10.2. The van der Waals surface area contributed by atoms with E-state index in [0.29, 0.717) is 10.8 Å². The van der Waals surface area contributed by atoms with E-state index in [1.54, 1.807) is 18.4 Å². The summed E-state index contributed by atoms with van der Waals surface area (Å²) in [6.45, 7) is 4.16. The van der Waals surface area contributed by atoms with Gasteiger partial charge in [-0.3, -0.25) is 10.1 Å². The third-order valence-electron chi connectivity index (χ3n) is 4.30. The highest BCUT2D eigenvalue weighted by atomic mass is 32.1. The van der Waals surface area contributed by atoms with Crippen molar-refractivity contribution >= 4 is 43.9 Å². The number of aromatic nitrogens is 2. The van der Waals surface area contributed by atoms with Crippen LogP contribution in [-0.2, 0) is 0 Å². The predicted molar refractivity (Wildman–Crippen MR) is 112 cm³/mol. The summed E-state index contributed by atoms with van der Waals surface area (Å²) in [6, 6.07) is 11.9. The van der Waals surface area contributed by atoms with E-state index in [1.165, 1.54) is 11.3 Å². The Balaban J connectivity index is 1.60. The van der Waals surface area contributed by atoms with Crippen molar-refractivity contribution in [2.75, 3.05) is 12.4 Å². The van der Waals surface area contributed by atoms with Crippen LogP contribution >= 0.6 is 22.7 Å². The molecule has 0 unspecified atom stereocenters. The number of hydrogen-bond acceptors (Lipinski definition) is 5. The van der Waals surface area contributed by atoms with Crippen molar-refractivity contribution in [3.63, 3.8) is 0 Å². The minimum absolute atomic E-state index is 0.140. The molecule has 0 saturated heterocycles. The molecule has 4 rings (SSSR count). The van der Waals surface area contributed by atoms with Crippen LogP contribution in [0.4, 0.5) is 5.13 Å². The minimum atomic E-state index is -0.140. The lowest BCUT2D eigenvalue weighted by molar-refractivity contribution is 0.101. The summed E-state index contributed by atoms with van der Waals surface area (Å²) in [5, 5.41) is 7.51. The van der Waals surface area contributed by atoms with Gasteiger partial charge in [0.15, 0.2) is 5.13 Å². The number of nitrogens with one attached hydrogen (secondary N) is 1. The third-order valence-corrected chi connectivity index (χ3v) is 5.91. The first kappa shape index (κ1) is 17.8. The summed E-state index contributed by atoms with van der Waals surface area (Å²) in [4.78, 5) is 17.4. The van der Waals surface area contributed by atoms with E-state index in [0.717, 1.165) is 27.2 Å². The molecule has 7 heteroatoms. The van der Waals surface area contributed by atoms with Crippen LogP contribution in [0.25, 0.3) is 21.5 Å². The van der Waals surface area contributed by atoms with Crippen molar-refractivity contribution in [3.05, 3.63) is 52.9 Å². The van der Waals surface area contributed by atoms with Gasteiger partial charge in [0.1, 0.15) is 11.4 Å². The number of methoxy groups -OCH3 is 1. The average molecular weight is 398 g/mol. The summed E-state index contributed by atoms with van der Waals surface area (Å²) in [6.07, 6.45) is 0. The maximum atomic E-state index is 12.9. The molecule has 1 N–H and O–H groups in total. The normalized spacial score (nSPS) is 11.3. The molecule has 1 amide bonds. The number of rotatable bonds is 5. The maximum Gasteiger partial charge on any atom is 0.274 e. The van der Waals surface area contributed by atoms with Crippen LogP contribution in [0, 0.1) is 0 Å². The number of nitrogens with zero attached hydrogens (tertiary/aromatic N) is 2. The number of thiophene rings is 1. The van der Waals surface area contributed by atoms with Crippen molar-refractivity contribution in [1.82, 2.24) is 9.55 Å². The average Bonchev–Trinajstić information content (AvgIpc) is 3.36. The molecule has 0 spiro atoms. The van der Waals surface area contributed by atoms with Crippen molar-refractivity contribution in [2.24, 2.45) is 0 Å².